The fourth-order valence-corrected chi connectivity index (χ4v) is 2.95. The lowest BCUT2D eigenvalue weighted by atomic mass is 9.96. The molecule has 0 aromatic carbocycles. The summed E-state index contributed by atoms with van der Waals surface area (Å²) in [7, 11) is 0. The molecule has 1 aromatic rings. The maximum Gasteiger partial charge on any atom is 0.273 e. The smallest absolute Gasteiger partial charge is 0.273 e. The molecule has 0 unspecified atom stereocenters. The minimum Gasteiger partial charge on any atom is -0.394 e. The van der Waals surface area contributed by atoms with Crippen molar-refractivity contribution < 1.29 is 19.2 Å². The van der Waals surface area contributed by atoms with Gasteiger partial charge in [-0.1, -0.05) is 5.16 Å². The Labute approximate surface area is 140 Å². The van der Waals surface area contributed by atoms with Crippen molar-refractivity contribution in [2.75, 3.05) is 26.2 Å². The Hall–Kier alpha value is -1.93. The van der Waals surface area contributed by atoms with E-state index in [1.807, 2.05) is 0 Å². The van der Waals surface area contributed by atoms with Crippen molar-refractivity contribution in [1.82, 2.24) is 15.4 Å². The van der Waals surface area contributed by atoms with Crippen molar-refractivity contribution in [2.45, 2.75) is 37.6 Å². The number of aliphatic hydroxyl groups excluding tert-OH is 1. The number of carbonyl (C=O) groups is 2. The van der Waals surface area contributed by atoms with Crippen LogP contribution in [0.15, 0.2) is 10.6 Å². The summed E-state index contributed by atoms with van der Waals surface area (Å²) in [4.78, 5) is 25.7. The van der Waals surface area contributed by atoms with Crippen molar-refractivity contribution in [3.63, 3.8) is 0 Å². The van der Waals surface area contributed by atoms with E-state index in [0.29, 0.717) is 37.2 Å². The molecule has 2 heterocycles. The Kier molecular flexibility index (Phi) is 5.15. The highest BCUT2D eigenvalue weighted by Gasteiger charge is 2.29. The van der Waals surface area contributed by atoms with E-state index in [0.717, 1.165) is 31.4 Å². The average molecular weight is 336 g/mol. The van der Waals surface area contributed by atoms with Gasteiger partial charge in [0.1, 0.15) is 11.8 Å². The summed E-state index contributed by atoms with van der Waals surface area (Å²) in [5.41, 5.74) is 5.89. The molecule has 1 aromatic heterocycles. The Bertz CT molecular complexity index is 591. The molecule has 2 fully saturated rings. The standard InChI is InChI=1S/C16H24N4O4/c17-12(9-21)16(23)20-5-3-10(4-6-20)8-18-15(22)13-7-14(24-19-13)11-1-2-11/h7,10-12,21H,1-6,8-9,17H2,(H,18,22)/t12-/m0/s1. The number of nitrogens with zero attached hydrogens (tertiary/aromatic N) is 2. The molecule has 8 heteroatoms. The zero-order chi connectivity index (χ0) is 17.1. The minimum atomic E-state index is -0.839. The lowest BCUT2D eigenvalue weighted by Crippen LogP contribution is -2.49. The van der Waals surface area contributed by atoms with Crippen molar-refractivity contribution in [3.05, 3.63) is 17.5 Å². The molecule has 2 aliphatic rings. The van der Waals surface area contributed by atoms with Crippen LogP contribution >= 0.6 is 0 Å². The summed E-state index contributed by atoms with van der Waals surface area (Å²) in [5.74, 6) is 1.12. The highest BCUT2D eigenvalue weighted by Crippen LogP contribution is 2.40. The molecular weight excluding hydrogens is 312 g/mol. The third-order valence-electron chi connectivity index (χ3n) is 4.73. The largest absolute Gasteiger partial charge is 0.394 e. The first kappa shape index (κ1) is 16.9. The summed E-state index contributed by atoms with van der Waals surface area (Å²) in [5, 5.41) is 15.7. The molecule has 132 valence electrons. The van der Waals surface area contributed by atoms with Crippen molar-refractivity contribution >= 4 is 11.8 Å². The van der Waals surface area contributed by atoms with Crippen LogP contribution in [0.5, 0.6) is 0 Å². The molecule has 24 heavy (non-hydrogen) atoms. The maximum absolute atomic E-state index is 12.1. The van der Waals surface area contributed by atoms with Crippen LogP contribution in [0.25, 0.3) is 0 Å². The lowest BCUT2D eigenvalue weighted by Gasteiger charge is -2.33. The van der Waals surface area contributed by atoms with Gasteiger partial charge in [0.15, 0.2) is 5.69 Å². The normalized spacial score (nSPS) is 20.0. The maximum atomic E-state index is 12.1. The minimum absolute atomic E-state index is 0.213. The molecule has 2 amide bonds. The van der Waals surface area contributed by atoms with E-state index in [4.69, 9.17) is 15.4 Å². The quantitative estimate of drug-likeness (QED) is 0.663. The molecule has 1 saturated carbocycles. The summed E-state index contributed by atoms with van der Waals surface area (Å²) in [6.07, 6.45) is 3.81. The van der Waals surface area contributed by atoms with E-state index < -0.39 is 6.04 Å². The number of hydrogen-bond donors (Lipinski definition) is 3. The fourth-order valence-electron chi connectivity index (χ4n) is 2.95. The van der Waals surface area contributed by atoms with Crippen LogP contribution in [0, 0.1) is 5.92 Å². The monoisotopic (exact) mass is 336 g/mol. The highest BCUT2D eigenvalue weighted by molar-refractivity contribution is 5.92. The Balaban J connectivity index is 1.41. The van der Waals surface area contributed by atoms with Gasteiger partial charge in [-0.2, -0.15) is 0 Å². The van der Waals surface area contributed by atoms with Crippen LogP contribution < -0.4 is 11.1 Å². The van der Waals surface area contributed by atoms with Crippen LogP contribution in [-0.4, -0.2) is 59.3 Å². The number of nitrogens with two attached hydrogens (primary N) is 1. The number of carbonyl (C=O) groups excluding carboxylic acids is 2. The van der Waals surface area contributed by atoms with Gasteiger partial charge >= 0.3 is 0 Å². The van der Waals surface area contributed by atoms with Crippen molar-refractivity contribution in [2.24, 2.45) is 11.7 Å². The van der Waals surface area contributed by atoms with E-state index >= 15 is 0 Å². The van der Waals surface area contributed by atoms with E-state index in [1.165, 1.54) is 0 Å². The lowest BCUT2D eigenvalue weighted by molar-refractivity contribution is -0.134. The Morgan fingerprint density at radius 2 is 2.08 bits per heavy atom. The van der Waals surface area contributed by atoms with Gasteiger partial charge in [-0.15, -0.1) is 0 Å². The number of hydrogen-bond acceptors (Lipinski definition) is 6. The van der Waals surface area contributed by atoms with E-state index in [-0.39, 0.29) is 18.4 Å². The first-order valence-corrected chi connectivity index (χ1v) is 8.48. The van der Waals surface area contributed by atoms with Crippen molar-refractivity contribution in [1.29, 1.82) is 0 Å². The molecule has 1 aliphatic carbocycles. The molecular formula is C16H24N4O4. The predicted octanol–water partition coefficient (Wildman–Crippen LogP) is -0.160. The summed E-state index contributed by atoms with van der Waals surface area (Å²) >= 11 is 0. The Morgan fingerprint density at radius 1 is 1.38 bits per heavy atom. The van der Waals surface area contributed by atoms with Crippen LogP contribution in [0.2, 0.25) is 0 Å². The van der Waals surface area contributed by atoms with Crippen LogP contribution in [0.3, 0.4) is 0 Å². The van der Waals surface area contributed by atoms with Gasteiger partial charge < -0.3 is 25.6 Å². The zero-order valence-corrected chi connectivity index (χ0v) is 13.6. The molecule has 3 rings (SSSR count). The molecule has 0 bridgehead atoms. The molecule has 0 spiro atoms. The molecule has 1 saturated heterocycles. The van der Waals surface area contributed by atoms with Gasteiger partial charge in [0.05, 0.1) is 6.61 Å². The Morgan fingerprint density at radius 3 is 2.71 bits per heavy atom. The van der Waals surface area contributed by atoms with Crippen LogP contribution in [-0.2, 0) is 4.79 Å². The third kappa shape index (κ3) is 3.93. The van der Waals surface area contributed by atoms with Gasteiger partial charge in [-0.25, -0.2) is 0 Å². The van der Waals surface area contributed by atoms with Gasteiger partial charge in [-0.05, 0) is 31.6 Å². The number of piperidine rings is 1. The molecule has 0 radical (unpaired) electrons. The van der Waals surface area contributed by atoms with E-state index in [1.54, 1.807) is 11.0 Å². The number of likely N-dealkylation sites (tertiary alicyclic amines) is 1. The van der Waals surface area contributed by atoms with Gasteiger partial charge in [0.2, 0.25) is 5.91 Å². The first-order chi connectivity index (χ1) is 11.6. The second-order valence-corrected chi connectivity index (χ2v) is 6.66. The summed E-state index contributed by atoms with van der Waals surface area (Å²) in [6.45, 7) is 1.42. The zero-order valence-electron chi connectivity index (χ0n) is 13.6. The number of rotatable bonds is 6. The number of amides is 2. The molecule has 1 atom stereocenters. The van der Waals surface area contributed by atoms with Gasteiger partial charge in [0.25, 0.3) is 5.91 Å². The second kappa shape index (κ2) is 7.31. The SMILES string of the molecule is N[C@@H](CO)C(=O)N1CCC(CNC(=O)c2cc(C3CC3)on2)CC1. The van der Waals surface area contributed by atoms with E-state index in [2.05, 4.69) is 10.5 Å². The number of aliphatic hydroxyl groups is 1. The highest BCUT2D eigenvalue weighted by atomic mass is 16.5. The summed E-state index contributed by atoms with van der Waals surface area (Å²) < 4.78 is 5.19. The molecule has 1 aliphatic heterocycles. The average Bonchev–Trinajstić information content (AvgIpc) is 3.35. The van der Waals surface area contributed by atoms with Crippen LogP contribution in [0.1, 0.15) is 47.8 Å². The van der Waals surface area contributed by atoms with Gasteiger partial charge in [-0.3, -0.25) is 9.59 Å². The third-order valence-corrected chi connectivity index (χ3v) is 4.73. The van der Waals surface area contributed by atoms with Crippen molar-refractivity contribution in [3.8, 4) is 0 Å². The van der Waals surface area contributed by atoms with Crippen LogP contribution in [0.4, 0.5) is 0 Å². The predicted molar refractivity (Wildman–Crippen MR) is 85.2 cm³/mol. The number of nitrogens with one attached hydrogen (secondary N) is 1. The first-order valence-electron chi connectivity index (χ1n) is 8.48. The second-order valence-electron chi connectivity index (χ2n) is 6.66. The molecule has 8 nitrogen and oxygen atoms in total. The fraction of sp³-hybridized carbons (Fsp3) is 0.688. The van der Waals surface area contributed by atoms with Gasteiger partial charge in [0, 0.05) is 31.6 Å². The molecule has 4 N–H and O–H groups in total. The van der Waals surface area contributed by atoms with E-state index in [9.17, 15) is 9.59 Å². The topological polar surface area (TPSA) is 122 Å². The number of aromatic nitrogens is 1. The summed E-state index contributed by atoms with van der Waals surface area (Å²) in [6, 6.07) is 0.888.